The van der Waals surface area contributed by atoms with E-state index in [-0.39, 0.29) is 29.7 Å². The van der Waals surface area contributed by atoms with Crippen molar-refractivity contribution in [2.75, 3.05) is 24.7 Å². The van der Waals surface area contributed by atoms with E-state index >= 15 is 0 Å². The van der Waals surface area contributed by atoms with E-state index in [1.807, 2.05) is 12.1 Å². The molecule has 3 unspecified atom stereocenters. The van der Waals surface area contributed by atoms with Crippen molar-refractivity contribution in [1.29, 1.82) is 0 Å². The predicted octanol–water partition coefficient (Wildman–Crippen LogP) is 1.40. The third kappa shape index (κ3) is 5.33. The summed E-state index contributed by atoms with van der Waals surface area (Å²) < 4.78 is 22.7. The standard InChI is InChI=1S/C25H28N7O8P/c1-12(22(34)35)31-41(37)40-18-14-7-5-4-6-13(14)8-9-15(18)38-10-16-19(33)25(2,36)23(39-16)32-11-28-17-20(27-3)29-24(26)30-21(17)32/h4-9,11-12,16,19,23,33,36H,10H2,1-3H3,(H,34,35)(H3,26,27,29,30)/t12?,16-,19-,23?,25-/m1/s1. The Morgan fingerprint density at radius 1 is 1.34 bits per heavy atom. The first-order valence-electron chi connectivity index (χ1n) is 12.5. The molecule has 15 nitrogen and oxygen atoms in total. The normalized spacial score (nSPS) is 23.6. The zero-order valence-electron chi connectivity index (χ0n) is 22.2. The van der Waals surface area contributed by atoms with Crippen LogP contribution < -0.4 is 25.2 Å². The Kier molecular flexibility index (Phi) is 7.64. The van der Waals surface area contributed by atoms with Gasteiger partial charge in [0, 0.05) is 12.4 Å². The van der Waals surface area contributed by atoms with Crippen LogP contribution in [0.3, 0.4) is 0 Å². The van der Waals surface area contributed by atoms with Crippen molar-refractivity contribution in [1.82, 2.24) is 19.5 Å². The van der Waals surface area contributed by atoms with Crippen LogP contribution in [-0.2, 0) is 9.53 Å². The second-order valence-electron chi connectivity index (χ2n) is 9.59. The number of carbonyl (C=O) groups is 1. The number of aromatic nitrogens is 4. The Morgan fingerprint density at radius 3 is 2.83 bits per heavy atom. The molecular weight excluding hydrogens is 557 g/mol. The highest BCUT2D eigenvalue weighted by Gasteiger charge is 2.54. The van der Waals surface area contributed by atoms with Gasteiger partial charge in [0.25, 0.3) is 0 Å². The van der Waals surface area contributed by atoms with E-state index in [4.69, 9.17) is 24.8 Å². The smallest absolute Gasteiger partial charge is 0.395 e. The van der Waals surface area contributed by atoms with Gasteiger partial charge in [0.05, 0.1) is 6.33 Å². The molecular formula is C25H28N7O8P. The molecule has 0 spiro atoms. The lowest BCUT2D eigenvalue weighted by Gasteiger charge is -2.27. The van der Waals surface area contributed by atoms with E-state index in [0.717, 1.165) is 5.39 Å². The minimum atomic E-state index is -2.76. The van der Waals surface area contributed by atoms with Crippen molar-refractivity contribution in [3.05, 3.63) is 42.7 Å². The van der Waals surface area contributed by atoms with Crippen LogP contribution in [0, 0.1) is 0 Å². The molecule has 1 aliphatic rings. The fourth-order valence-corrected chi connectivity index (χ4v) is 5.33. The van der Waals surface area contributed by atoms with Crippen LogP contribution in [0.1, 0.15) is 20.1 Å². The van der Waals surface area contributed by atoms with E-state index in [0.29, 0.717) is 16.7 Å². The molecule has 6 N–H and O–H groups in total. The summed E-state index contributed by atoms with van der Waals surface area (Å²) >= 11 is 0. The lowest BCUT2D eigenvalue weighted by Crippen LogP contribution is -2.44. The van der Waals surface area contributed by atoms with Gasteiger partial charge in [-0.25, -0.2) is 9.78 Å². The van der Waals surface area contributed by atoms with Crippen LogP contribution in [-0.4, -0.2) is 78.3 Å². The van der Waals surface area contributed by atoms with Gasteiger partial charge in [-0.3, -0.25) is 9.09 Å². The van der Waals surface area contributed by atoms with Gasteiger partial charge >= 0.3 is 14.1 Å². The summed E-state index contributed by atoms with van der Waals surface area (Å²) in [6.07, 6.45) is -2.14. The number of aliphatic hydroxyl groups is 2. The number of carboxylic acids is 1. The maximum Gasteiger partial charge on any atom is 0.395 e. The van der Waals surface area contributed by atoms with Crippen molar-refractivity contribution in [3.8, 4) is 11.5 Å². The molecule has 0 bridgehead atoms. The molecule has 16 heteroatoms. The second kappa shape index (κ2) is 11.0. The number of nitrogens with two attached hydrogens (primary N) is 1. The number of anilines is 2. The molecule has 0 radical (unpaired) electrons. The maximum absolute atomic E-state index is 12.6. The van der Waals surface area contributed by atoms with E-state index in [2.05, 4.69) is 25.0 Å². The van der Waals surface area contributed by atoms with Gasteiger partial charge in [0.2, 0.25) is 11.7 Å². The van der Waals surface area contributed by atoms with Gasteiger partial charge in [-0.1, -0.05) is 35.1 Å². The monoisotopic (exact) mass is 585 g/mol. The van der Waals surface area contributed by atoms with Crippen molar-refractivity contribution < 1.29 is 39.0 Å². The Labute approximate surface area is 234 Å². The van der Waals surface area contributed by atoms with Crippen LogP contribution in [0.25, 0.3) is 21.9 Å². The largest absolute Gasteiger partial charge is 0.575 e. The number of ether oxygens (including phenoxy) is 2. The van der Waals surface area contributed by atoms with Crippen molar-refractivity contribution in [3.63, 3.8) is 0 Å². The third-order valence-electron chi connectivity index (χ3n) is 6.72. The molecule has 0 amide bonds. The van der Waals surface area contributed by atoms with Crippen LogP contribution in [0.4, 0.5) is 11.8 Å². The minimum Gasteiger partial charge on any atom is -0.575 e. The summed E-state index contributed by atoms with van der Waals surface area (Å²) in [5.41, 5.74) is 4.73. The summed E-state index contributed by atoms with van der Waals surface area (Å²) in [6, 6.07) is 9.19. The average molecular weight is 586 g/mol. The molecule has 5 rings (SSSR count). The third-order valence-corrected chi connectivity index (χ3v) is 7.60. The summed E-state index contributed by atoms with van der Waals surface area (Å²) in [7, 11) is -1.11. The zero-order valence-corrected chi connectivity index (χ0v) is 23.1. The molecule has 41 heavy (non-hydrogen) atoms. The molecule has 4 aromatic rings. The topological polar surface area (TPSA) is 223 Å². The number of fused-ring (bicyclic) bond motifs is 2. The number of imidazole rings is 1. The summed E-state index contributed by atoms with van der Waals surface area (Å²) in [6.45, 7) is 2.45. The van der Waals surface area contributed by atoms with Crippen LogP contribution in [0.5, 0.6) is 11.5 Å². The van der Waals surface area contributed by atoms with Gasteiger partial charge in [-0.05, 0) is 25.3 Å². The van der Waals surface area contributed by atoms with Crippen molar-refractivity contribution >= 4 is 47.8 Å². The SMILES string of the molecule is CNc1nc(N)nc2c1ncn2C1O[C@H](COc2ccc3ccccc3c2O[P+]([O-])=NC(C)C(=O)O)[C@@H](O)[C@@]1(C)O. The number of benzene rings is 2. The molecule has 0 saturated carbocycles. The fourth-order valence-electron chi connectivity index (χ4n) is 4.55. The molecule has 2 aromatic heterocycles. The fraction of sp³-hybridized carbons (Fsp3) is 0.360. The van der Waals surface area contributed by atoms with Crippen LogP contribution >= 0.6 is 8.17 Å². The lowest BCUT2D eigenvalue weighted by atomic mass is 9.96. The Balaban J connectivity index is 1.42. The molecule has 0 aliphatic carbocycles. The highest BCUT2D eigenvalue weighted by atomic mass is 31.1. The molecule has 1 saturated heterocycles. The highest BCUT2D eigenvalue weighted by Crippen LogP contribution is 2.43. The van der Waals surface area contributed by atoms with E-state index in [1.54, 1.807) is 31.3 Å². The number of hydrogen-bond donors (Lipinski definition) is 5. The number of hydrogen-bond acceptors (Lipinski definition) is 13. The average Bonchev–Trinajstić information content (AvgIpc) is 3.45. The molecule has 1 fully saturated rings. The molecule has 3 heterocycles. The molecule has 216 valence electrons. The quantitative estimate of drug-likeness (QED) is 0.175. The first-order valence-corrected chi connectivity index (χ1v) is 13.6. The number of aliphatic carboxylic acids is 1. The highest BCUT2D eigenvalue weighted by molar-refractivity contribution is 7.34. The van der Waals surface area contributed by atoms with E-state index < -0.39 is 44.2 Å². The second-order valence-corrected chi connectivity index (χ2v) is 10.5. The molecule has 6 atom stereocenters. The number of carboxylic acid groups (broad SMARTS) is 1. The predicted molar refractivity (Wildman–Crippen MR) is 146 cm³/mol. The molecule has 2 aromatic carbocycles. The number of nitrogens with zero attached hydrogens (tertiary/aromatic N) is 5. The zero-order chi connectivity index (χ0) is 29.5. The Hall–Kier alpha value is -4.14. The van der Waals surface area contributed by atoms with Crippen molar-refractivity contribution in [2.45, 2.75) is 43.9 Å². The minimum absolute atomic E-state index is 0.0201. The summed E-state index contributed by atoms with van der Waals surface area (Å²) in [5, 5.41) is 35.6. The summed E-state index contributed by atoms with van der Waals surface area (Å²) in [4.78, 5) is 36.4. The Bertz CT molecular complexity index is 1650. The van der Waals surface area contributed by atoms with Crippen LogP contribution in [0.15, 0.2) is 47.5 Å². The number of aliphatic hydroxyl groups excluding tert-OH is 1. The van der Waals surface area contributed by atoms with Gasteiger partial charge in [-0.15, -0.1) is 0 Å². The van der Waals surface area contributed by atoms with Gasteiger partial charge in [-0.2, -0.15) is 9.97 Å². The summed E-state index contributed by atoms with van der Waals surface area (Å²) in [5.74, 6) is -0.656. The van der Waals surface area contributed by atoms with E-state index in [9.17, 15) is 19.9 Å². The van der Waals surface area contributed by atoms with Crippen molar-refractivity contribution in [2.24, 2.45) is 4.74 Å². The van der Waals surface area contributed by atoms with Crippen LogP contribution in [0.2, 0.25) is 0 Å². The first kappa shape index (κ1) is 28.4. The molecule has 1 aliphatic heterocycles. The lowest BCUT2D eigenvalue weighted by molar-refractivity contribution is -0.169. The van der Waals surface area contributed by atoms with Gasteiger partial charge in [0.1, 0.15) is 24.4 Å². The van der Waals surface area contributed by atoms with Gasteiger partial charge < -0.3 is 40.7 Å². The first-order chi connectivity index (χ1) is 19.5. The number of nitrogens with one attached hydrogen (secondary N) is 1. The van der Waals surface area contributed by atoms with E-state index in [1.165, 1.54) is 24.7 Å². The van der Waals surface area contributed by atoms with Gasteiger partial charge in [0.15, 0.2) is 35.0 Å². The number of nitrogen functional groups attached to an aromatic ring is 1. The maximum atomic E-state index is 12.6. The Morgan fingerprint density at radius 2 is 2.10 bits per heavy atom. The number of rotatable bonds is 9.